The van der Waals surface area contributed by atoms with E-state index in [4.69, 9.17) is 9.47 Å². The minimum absolute atomic E-state index is 0.00586. The average molecular weight is 315 g/mol. The van der Waals surface area contributed by atoms with Crippen molar-refractivity contribution in [3.63, 3.8) is 0 Å². The van der Waals surface area contributed by atoms with Crippen LogP contribution in [0.1, 0.15) is 18.8 Å². The molecule has 1 saturated heterocycles. The van der Waals surface area contributed by atoms with Crippen molar-refractivity contribution in [2.24, 2.45) is 0 Å². The number of hydrogen-bond acceptors (Lipinski definition) is 4. The maximum Gasteiger partial charge on any atom is 0.245 e. The number of carbonyl (C=O) groups is 1. The zero-order valence-corrected chi connectivity index (χ0v) is 13.6. The zero-order chi connectivity index (χ0) is 16.4. The molecule has 1 fully saturated rings. The summed E-state index contributed by atoms with van der Waals surface area (Å²) in [5.74, 6) is 2.35. The van der Waals surface area contributed by atoms with Crippen molar-refractivity contribution >= 4 is 5.91 Å². The lowest BCUT2D eigenvalue weighted by atomic mass is 10.1. The van der Waals surface area contributed by atoms with E-state index in [-0.39, 0.29) is 18.1 Å². The molecule has 23 heavy (non-hydrogen) atoms. The third kappa shape index (κ3) is 3.02. The second-order valence-electron chi connectivity index (χ2n) is 5.69. The van der Waals surface area contributed by atoms with E-state index in [9.17, 15) is 4.79 Å². The van der Waals surface area contributed by atoms with Crippen molar-refractivity contribution in [3.05, 3.63) is 42.5 Å². The van der Waals surface area contributed by atoms with E-state index < -0.39 is 0 Å². The van der Waals surface area contributed by atoms with E-state index in [2.05, 4.69) is 4.98 Å². The highest BCUT2D eigenvalue weighted by atomic mass is 16.5. The minimum Gasteiger partial charge on any atom is -0.493 e. The number of amides is 1. The van der Waals surface area contributed by atoms with Gasteiger partial charge in [0, 0.05) is 12.4 Å². The quantitative estimate of drug-likeness (QED) is 0.847. The molecule has 122 valence electrons. The van der Waals surface area contributed by atoms with E-state index >= 15 is 0 Å². The number of aryl methyl sites for hydroxylation is 1. The van der Waals surface area contributed by atoms with Crippen LogP contribution >= 0.6 is 0 Å². The second kappa shape index (κ2) is 6.32. The molecule has 0 saturated carbocycles. The van der Waals surface area contributed by atoms with Crippen molar-refractivity contribution in [2.75, 3.05) is 20.2 Å². The fraction of sp³-hybridized carbons (Fsp3) is 0.412. The van der Waals surface area contributed by atoms with Crippen LogP contribution in [0.5, 0.6) is 11.5 Å². The molecule has 0 unspecified atom stereocenters. The minimum atomic E-state index is -0.246. The molecule has 0 bridgehead atoms. The van der Waals surface area contributed by atoms with E-state index in [0.717, 1.165) is 5.82 Å². The lowest BCUT2D eigenvalue weighted by Crippen LogP contribution is -2.57. The molecule has 0 spiro atoms. The van der Waals surface area contributed by atoms with E-state index in [0.29, 0.717) is 24.6 Å². The van der Waals surface area contributed by atoms with E-state index in [1.807, 2.05) is 53.8 Å². The molecule has 1 aromatic carbocycles. The summed E-state index contributed by atoms with van der Waals surface area (Å²) in [4.78, 5) is 18.5. The number of likely N-dealkylation sites (tertiary alicyclic amines) is 1. The number of ether oxygens (including phenoxy) is 2. The van der Waals surface area contributed by atoms with Gasteiger partial charge in [0.05, 0.1) is 20.2 Å². The van der Waals surface area contributed by atoms with Crippen molar-refractivity contribution < 1.29 is 14.3 Å². The molecule has 1 aliphatic heterocycles. The Morgan fingerprint density at radius 1 is 1.30 bits per heavy atom. The summed E-state index contributed by atoms with van der Waals surface area (Å²) in [5, 5.41) is 0. The van der Waals surface area contributed by atoms with Crippen LogP contribution < -0.4 is 9.47 Å². The summed E-state index contributed by atoms with van der Waals surface area (Å²) in [6.45, 7) is 4.98. The Bertz CT molecular complexity index is 692. The molecule has 6 heteroatoms. The summed E-state index contributed by atoms with van der Waals surface area (Å²) in [5.41, 5.74) is 0. The van der Waals surface area contributed by atoms with Gasteiger partial charge in [-0.15, -0.1) is 0 Å². The molecule has 1 aliphatic rings. The first kappa shape index (κ1) is 15.4. The van der Waals surface area contributed by atoms with E-state index in [1.165, 1.54) is 0 Å². The van der Waals surface area contributed by atoms with Crippen molar-refractivity contribution in [1.29, 1.82) is 0 Å². The van der Waals surface area contributed by atoms with Gasteiger partial charge in [0.15, 0.2) is 11.5 Å². The van der Waals surface area contributed by atoms with Crippen molar-refractivity contribution in [1.82, 2.24) is 14.5 Å². The van der Waals surface area contributed by atoms with E-state index in [1.54, 1.807) is 13.3 Å². The third-order valence-electron chi connectivity index (χ3n) is 4.16. The van der Waals surface area contributed by atoms with Crippen LogP contribution in [0.4, 0.5) is 0 Å². The molecule has 2 heterocycles. The predicted octanol–water partition coefficient (Wildman–Crippen LogP) is 2.05. The van der Waals surface area contributed by atoms with Crippen LogP contribution in [0.3, 0.4) is 0 Å². The molecule has 2 aromatic rings. The maximum absolute atomic E-state index is 12.5. The van der Waals surface area contributed by atoms with Crippen molar-refractivity contribution in [3.8, 4) is 11.5 Å². The van der Waals surface area contributed by atoms with Gasteiger partial charge < -0.3 is 18.9 Å². The van der Waals surface area contributed by atoms with Gasteiger partial charge >= 0.3 is 0 Å². The van der Waals surface area contributed by atoms with Gasteiger partial charge in [-0.25, -0.2) is 4.98 Å². The number of carbonyl (C=O) groups excluding carboxylic acids is 1. The normalized spacial score (nSPS) is 15.9. The largest absolute Gasteiger partial charge is 0.493 e. The number of aromatic nitrogens is 2. The fourth-order valence-corrected chi connectivity index (χ4v) is 2.77. The number of para-hydroxylation sites is 2. The first-order valence-electron chi connectivity index (χ1n) is 7.68. The fourth-order valence-electron chi connectivity index (χ4n) is 2.77. The van der Waals surface area contributed by atoms with Crippen LogP contribution in [-0.4, -0.2) is 46.7 Å². The molecule has 1 amide bonds. The Morgan fingerprint density at radius 3 is 2.61 bits per heavy atom. The lowest BCUT2D eigenvalue weighted by molar-refractivity contribution is -0.143. The summed E-state index contributed by atoms with van der Waals surface area (Å²) < 4.78 is 13.1. The highest BCUT2D eigenvalue weighted by Gasteiger charge is 2.35. The Balaban J connectivity index is 1.56. The number of hydrogen-bond donors (Lipinski definition) is 0. The Hall–Kier alpha value is -2.50. The highest BCUT2D eigenvalue weighted by molar-refractivity contribution is 5.81. The maximum atomic E-state index is 12.5. The van der Waals surface area contributed by atoms with Crippen LogP contribution in [0, 0.1) is 6.92 Å². The monoisotopic (exact) mass is 315 g/mol. The van der Waals surface area contributed by atoms with Gasteiger partial charge in [0.1, 0.15) is 18.0 Å². The topological polar surface area (TPSA) is 56.6 Å². The van der Waals surface area contributed by atoms with Crippen LogP contribution in [0.25, 0.3) is 0 Å². The van der Waals surface area contributed by atoms with Gasteiger partial charge in [-0.3, -0.25) is 4.79 Å². The first-order valence-corrected chi connectivity index (χ1v) is 7.68. The molecule has 3 rings (SSSR count). The summed E-state index contributed by atoms with van der Waals surface area (Å²) in [6.07, 6.45) is 3.55. The molecule has 1 aromatic heterocycles. The number of nitrogens with zero attached hydrogens (tertiary/aromatic N) is 3. The number of methoxy groups -OCH3 is 1. The summed E-state index contributed by atoms with van der Waals surface area (Å²) >= 11 is 0. The SMILES string of the molecule is COc1ccccc1OC1CN(C(=O)[C@H](C)n2ccnc2C)C1. The Labute approximate surface area is 135 Å². The molecular weight excluding hydrogens is 294 g/mol. The van der Waals surface area contributed by atoms with Gasteiger partial charge in [0.25, 0.3) is 0 Å². The third-order valence-corrected chi connectivity index (χ3v) is 4.16. The van der Waals surface area contributed by atoms with Crippen molar-refractivity contribution in [2.45, 2.75) is 26.0 Å². The second-order valence-corrected chi connectivity index (χ2v) is 5.69. The van der Waals surface area contributed by atoms with Crippen LogP contribution in [0.2, 0.25) is 0 Å². The molecule has 1 atom stereocenters. The highest BCUT2D eigenvalue weighted by Crippen LogP contribution is 2.29. The summed E-state index contributed by atoms with van der Waals surface area (Å²) in [6, 6.07) is 7.30. The standard InChI is InChI=1S/C17H21N3O3/c1-12(20-9-8-18-13(20)2)17(21)19-10-14(11-19)23-16-7-5-4-6-15(16)22-3/h4-9,12,14H,10-11H2,1-3H3/t12-/m0/s1. The Morgan fingerprint density at radius 2 is 2.00 bits per heavy atom. The van der Waals surface area contributed by atoms with Gasteiger partial charge in [0.2, 0.25) is 5.91 Å². The lowest BCUT2D eigenvalue weighted by Gasteiger charge is -2.40. The smallest absolute Gasteiger partial charge is 0.245 e. The molecule has 0 aliphatic carbocycles. The Kier molecular flexibility index (Phi) is 4.23. The average Bonchev–Trinajstić information content (AvgIpc) is 2.95. The molecule has 0 radical (unpaired) electrons. The molecule has 6 nitrogen and oxygen atoms in total. The zero-order valence-electron chi connectivity index (χ0n) is 13.6. The number of benzene rings is 1. The number of rotatable bonds is 5. The van der Waals surface area contributed by atoms with Gasteiger partial charge in [-0.1, -0.05) is 12.1 Å². The molecular formula is C17H21N3O3. The molecule has 0 N–H and O–H groups in total. The van der Waals surface area contributed by atoms with Gasteiger partial charge in [-0.05, 0) is 26.0 Å². The number of imidazole rings is 1. The summed E-state index contributed by atoms with van der Waals surface area (Å²) in [7, 11) is 1.62. The predicted molar refractivity (Wildman–Crippen MR) is 85.7 cm³/mol. The first-order chi connectivity index (χ1) is 11.1. The van der Waals surface area contributed by atoms with Crippen LogP contribution in [-0.2, 0) is 4.79 Å². The van der Waals surface area contributed by atoms with Crippen LogP contribution in [0.15, 0.2) is 36.7 Å². The van der Waals surface area contributed by atoms with Gasteiger partial charge in [-0.2, -0.15) is 0 Å².